The average Bonchev–Trinajstić information content (AvgIpc) is 3.40. The number of rotatable bonds is 3. The summed E-state index contributed by atoms with van der Waals surface area (Å²) in [6.07, 6.45) is 8.71. The second-order valence-corrected chi connectivity index (χ2v) is 8.64. The number of quaternary nitrogens is 1. The Labute approximate surface area is 162 Å². The Bertz CT molecular complexity index is 783. The smallest absolute Gasteiger partial charge is 0.225 e. The molecule has 0 unspecified atom stereocenters. The molecule has 0 spiro atoms. The van der Waals surface area contributed by atoms with Gasteiger partial charge in [0.15, 0.2) is 0 Å². The molecule has 2 aliphatic carbocycles. The van der Waals surface area contributed by atoms with Gasteiger partial charge < -0.3 is 9.64 Å². The molecule has 0 bridgehead atoms. The quantitative estimate of drug-likeness (QED) is 0.835. The third-order valence-corrected chi connectivity index (χ3v) is 7.32. The van der Waals surface area contributed by atoms with E-state index in [1.807, 2.05) is 0 Å². The van der Waals surface area contributed by atoms with Crippen molar-refractivity contribution in [3.8, 4) is 0 Å². The van der Waals surface area contributed by atoms with Gasteiger partial charge >= 0.3 is 0 Å². The van der Waals surface area contributed by atoms with Gasteiger partial charge in [0.1, 0.15) is 19.1 Å². The summed E-state index contributed by atoms with van der Waals surface area (Å²) in [6.45, 7) is 8.16. The van der Waals surface area contributed by atoms with E-state index in [1.54, 1.807) is 10.5 Å². The summed E-state index contributed by atoms with van der Waals surface area (Å²) < 4.78 is 5.73. The molecule has 4 aliphatic rings. The van der Waals surface area contributed by atoms with E-state index >= 15 is 0 Å². The van der Waals surface area contributed by atoms with Gasteiger partial charge in [0.05, 0.1) is 24.8 Å². The predicted molar refractivity (Wildman–Crippen MR) is 106 cm³/mol. The van der Waals surface area contributed by atoms with Crippen LogP contribution in [0.15, 0.2) is 40.2 Å². The molecule has 1 saturated carbocycles. The van der Waals surface area contributed by atoms with Crippen LogP contribution in [-0.4, -0.2) is 38.0 Å². The van der Waals surface area contributed by atoms with Crippen LogP contribution in [0.1, 0.15) is 43.2 Å². The molecule has 3 atom stereocenters. The summed E-state index contributed by atoms with van der Waals surface area (Å²) in [7, 11) is 0. The molecule has 0 aromatic heterocycles. The number of benzene rings is 1. The Balaban J connectivity index is 1.62. The molecule has 5 rings (SSSR count). The van der Waals surface area contributed by atoms with Gasteiger partial charge in [-0.05, 0) is 69.2 Å². The third-order valence-electron chi connectivity index (χ3n) is 7.32. The lowest BCUT2D eigenvalue weighted by molar-refractivity contribution is -0.961. The van der Waals surface area contributed by atoms with Gasteiger partial charge in [-0.2, -0.15) is 10.1 Å². The summed E-state index contributed by atoms with van der Waals surface area (Å²) in [5.74, 6) is 0.551. The van der Waals surface area contributed by atoms with E-state index < -0.39 is 0 Å². The van der Waals surface area contributed by atoms with Crippen molar-refractivity contribution >= 4 is 5.69 Å². The second-order valence-electron chi connectivity index (χ2n) is 8.64. The zero-order valence-corrected chi connectivity index (χ0v) is 16.6. The molecule has 1 N–H and O–H groups in total. The fraction of sp³-hybridized carbons (Fsp3) is 0.636. The maximum absolute atomic E-state index is 5.73. The molecule has 2 fully saturated rings. The molecule has 144 valence electrons. The molecule has 0 amide bonds. The lowest BCUT2D eigenvalue weighted by atomic mass is 9.84. The minimum atomic E-state index is -0.0678. The zero-order valence-electron chi connectivity index (χ0n) is 16.6. The fourth-order valence-corrected chi connectivity index (χ4v) is 5.87. The van der Waals surface area contributed by atoms with Crippen molar-refractivity contribution < 1.29 is 9.64 Å². The first-order valence-corrected chi connectivity index (χ1v) is 10.6. The Morgan fingerprint density at radius 1 is 1.15 bits per heavy atom. The SMILES string of the molecule is Cc1ccc(N2N=N[C@@H]3CC[C@@H](C4=CCCC4)[C@@]32[NH+]2CCOCC2)cc1C. The summed E-state index contributed by atoms with van der Waals surface area (Å²) in [5.41, 5.74) is 5.46. The topological polar surface area (TPSA) is 41.6 Å². The Kier molecular flexibility index (Phi) is 4.32. The van der Waals surface area contributed by atoms with Crippen molar-refractivity contribution in [2.24, 2.45) is 16.3 Å². The van der Waals surface area contributed by atoms with Gasteiger partial charge in [-0.25, -0.2) is 0 Å². The number of nitrogens with one attached hydrogen (secondary N) is 1. The van der Waals surface area contributed by atoms with E-state index in [1.165, 1.54) is 42.5 Å². The van der Waals surface area contributed by atoms with Crippen molar-refractivity contribution in [3.63, 3.8) is 0 Å². The van der Waals surface area contributed by atoms with Gasteiger partial charge in [-0.15, -0.1) is 0 Å². The number of hydrogen-bond donors (Lipinski definition) is 1. The number of nitrogens with zero attached hydrogens (tertiary/aromatic N) is 3. The predicted octanol–water partition coefficient (Wildman–Crippen LogP) is 2.99. The fourth-order valence-electron chi connectivity index (χ4n) is 5.87. The lowest BCUT2D eigenvalue weighted by Gasteiger charge is -2.47. The van der Waals surface area contributed by atoms with Gasteiger partial charge in [0.25, 0.3) is 0 Å². The maximum Gasteiger partial charge on any atom is 0.225 e. The molecule has 2 aliphatic heterocycles. The summed E-state index contributed by atoms with van der Waals surface area (Å²) in [4.78, 5) is 1.62. The van der Waals surface area contributed by atoms with Crippen molar-refractivity contribution in [2.75, 3.05) is 31.3 Å². The van der Waals surface area contributed by atoms with E-state index in [0.29, 0.717) is 12.0 Å². The molecule has 5 heteroatoms. The van der Waals surface area contributed by atoms with Crippen LogP contribution in [0.5, 0.6) is 0 Å². The highest BCUT2D eigenvalue weighted by Gasteiger charge is 2.66. The van der Waals surface area contributed by atoms with Crippen molar-refractivity contribution in [1.29, 1.82) is 0 Å². The van der Waals surface area contributed by atoms with Gasteiger partial charge in [-0.1, -0.05) is 22.9 Å². The van der Waals surface area contributed by atoms with Crippen LogP contribution in [0, 0.1) is 19.8 Å². The van der Waals surface area contributed by atoms with E-state index in [0.717, 1.165) is 32.7 Å². The highest BCUT2D eigenvalue weighted by Crippen LogP contribution is 2.49. The Morgan fingerprint density at radius 2 is 2.00 bits per heavy atom. The number of allylic oxidation sites excluding steroid dienone is 1. The highest BCUT2D eigenvalue weighted by molar-refractivity contribution is 5.53. The number of anilines is 1. The minimum absolute atomic E-state index is 0.0678. The van der Waals surface area contributed by atoms with Crippen LogP contribution in [0.2, 0.25) is 0 Å². The van der Waals surface area contributed by atoms with Crippen molar-refractivity contribution in [1.82, 2.24) is 0 Å². The number of hydrogen-bond acceptors (Lipinski definition) is 4. The minimum Gasteiger partial charge on any atom is -0.370 e. The number of fused-ring (bicyclic) bond motifs is 1. The van der Waals surface area contributed by atoms with Crippen LogP contribution >= 0.6 is 0 Å². The molecular formula is C22H31N4O+. The van der Waals surface area contributed by atoms with E-state index in [-0.39, 0.29) is 5.66 Å². The molecule has 2 heterocycles. The lowest BCUT2D eigenvalue weighted by Crippen LogP contribution is -3.25. The maximum atomic E-state index is 5.73. The summed E-state index contributed by atoms with van der Waals surface area (Å²) in [6, 6.07) is 7.06. The molecule has 0 radical (unpaired) electrons. The Morgan fingerprint density at radius 3 is 2.74 bits per heavy atom. The van der Waals surface area contributed by atoms with Gasteiger partial charge in [-0.3, -0.25) is 0 Å². The zero-order chi connectivity index (χ0) is 18.4. The number of ether oxygens (including phenoxy) is 1. The average molecular weight is 368 g/mol. The molecule has 5 nitrogen and oxygen atoms in total. The standard InChI is InChI=1S/C22H30N4O/c1-16-7-8-19(15-17(16)2)26-22(25-11-13-27-14-12-25)20(18-5-3-4-6-18)9-10-21(22)23-24-26/h5,7-8,15,20-21H,3-4,6,9-14H2,1-2H3/p+1/t20-,21+,22-/m0/s1. The van der Waals surface area contributed by atoms with Crippen LogP contribution in [0.3, 0.4) is 0 Å². The molecular weight excluding hydrogens is 336 g/mol. The summed E-state index contributed by atoms with van der Waals surface area (Å²) in [5, 5.41) is 12.0. The first-order chi connectivity index (χ1) is 13.2. The van der Waals surface area contributed by atoms with Gasteiger partial charge in [0.2, 0.25) is 5.66 Å². The van der Waals surface area contributed by atoms with E-state index in [2.05, 4.69) is 43.1 Å². The van der Waals surface area contributed by atoms with Crippen LogP contribution in [0.25, 0.3) is 0 Å². The first-order valence-electron chi connectivity index (χ1n) is 10.6. The monoisotopic (exact) mass is 367 g/mol. The second kappa shape index (κ2) is 6.71. The first kappa shape index (κ1) is 17.4. The molecule has 1 aromatic rings. The molecule has 27 heavy (non-hydrogen) atoms. The number of aryl methyl sites for hydroxylation is 2. The van der Waals surface area contributed by atoms with Crippen LogP contribution < -0.4 is 9.91 Å². The van der Waals surface area contributed by atoms with Crippen molar-refractivity contribution in [2.45, 2.75) is 57.7 Å². The Hall–Kier alpha value is -1.72. The molecule has 1 saturated heterocycles. The van der Waals surface area contributed by atoms with E-state index in [4.69, 9.17) is 15.1 Å². The van der Waals surface area contributed by atoms with Crippen LogP contribution in [-0.2, 0) is 4.74 Å². The highest BCUT2D eigenvalue weighted by atomic mass is 16.5. The molecule has 1 aromatic carbocycles. The summed E-state index contributed by atoms with van der Waals surface area (Å²) >= 11 is 0. The normalized spacial score (nSPS) is 33.6. The van der Waals surface area contributed by atoms with Gasteiger partial charge in [0, 0.05) is 0 Å². The third kappa shape index (κ3) is 2.59. The van der Waals surface area contributed by atoms with Crippen molar-refractivity contribution in [3.05, 3.63) is 41.0 Å². The van der Waals surface area contributed by atoms with Crippen LogP contribution in [0.4, 0.5) is 5.69 Å². The largest absolute Gasteiger partial charge is 0.370 e. The number of morpholine rings is 1. The van der Waals surface area contributed by atoms with E-state index in [9.17, 15) is 0 Å².